The van der Waals surface area contributed by atoms with Gasteiger partial charge in [-0.25, -0.2) is 9.18 Å². The molecule has 6 nitrogen and oxygen atoms in total. The summed E-state index contributed by atoms with van der Waals surface area (Å²) < 4.78 is 13.4. The van der Waals surface area contributed by atoms with Gasteiger partial charge in [0.15, 0.2) is 0 Å². The Bertz CT molecular complexity index is 954. The quantitative estimate of drug-likeness (QED) is 0.676. The van der Waals surface area contributed by atoms with Gasteiger partial charge >= 0.3 is 6.03 Å². The Morgan fingerprint density at radius 3 is 2.33 bits per heavy atom. The molecule has 1 saturated heterocycles. The molecule has 0 bridgehead atoms. The number of urea groups is 1. The lowest BCUT2D eigenvalue weighted by atomic mass is 9.85. The van der Waals surface area contributed by atoms with Crippen molar-refractivity contribution in [3.05, 3.63) is 65.0 Å². The Hall–Kier alpha value is -3.22. The second-order valence-electron chi connectivity index (χ2n) is 7.76. The third kappa shape index (κ3) is 4.35. The molecule has 1 heterocycles. The molecule has 0 radical (unpaired) electrons. The molecule has 2 aromatic rings. The fourth-order valence-electron chi connectivity index (χ4n) is 3.85. The number of unbranched alkanes of at least 4 members (excludes halogenated alkanes) is 1. The van der Waals surface area contributed by atoms with Gasteiger partial charge in [-0.2, -0.15) is 0 Å². The second-order valence-corrected chi connectivity index (χ2v) is 7.76. The van der Waals surface area contributed by atoms with Gasteiger partial charge in [-0.15, -0.1) is 0 Å². The van der Waals surface area contributed by atoms with Crippen molar-refractivity contribution in [1.29, 1.82) is 0 Å². The number of amides is 4. The highest BCUT2D eigenvalue weighted by molar-refractivity contribution is 6.10. The van der Waals surface area contributed by atoms with Crippen LogP contribution < -0.4 is 10.6 Å². The maximum Gasteiger partial charge on any atom is 0.325 e. The number of carbonyl (C=O) groups excluding carboxylic acids is 3. The van der Waals surface area contributed by atoms with Gasteiger partial charge in [0.2, 0.25) is 5.91 Å². The van der Waals surface area contributed by atoms with E-state index in [9.17, 15) is 18.8 Å². The van der Waals surface area contributed by atoms with E-state index in [4.69, 9.17) is 0 Å². The van der Waals surface area contributed by atoms with Crippen LogP contribution in [-0.2, 0) is 15.1 Å². The Kier molecular flexibility index (Phi) is 6.20. The van der Waals surface area contributed by atoms with Gasteiger partial charge in [0.25, 0.3) is 5.91 Å². The number of rotatable bonds is 7. The van der Waals surface area contributed by atoms with E-state index in [2.05, 4.69) is 10.6 Å². The number of halogens is 1. The van der Waals surface area contributed by atoms with Crippen LogP contribution in [0.4, 0.5) is 14.9 Å². The van der Waals surface area contributed by atoms with Crippen LogP contribution in [0.3, 0.4) is 0 Å². The molecule has 2 N–H and O–H groups in total. The van der Waals surface area contributed by atoms with Gasteiger partial charge < -0.3 is 10.6 Å². The Morgan fingerprint density at radius 2 is 1.73 bits per heavy atom. The van der Waals surface area contributed by atoms with Crippen molar-refractivity contribution in [3.8, 4) is 0 Å². The number of nitrogens with one attached hydrogen (secondary N) is 2. The van der Waals surface area contributed by atoms with Crippen molar-refractivity contribution in [2.45, 2.75) is 45.6 Å². The molecular formula is C23H26FN3O3. The smallest absolute Gasteiger partial charge is 0.325 e. The zero-order valence-electron chi connectivity index (χ0n) is 17.4. The van der Waals surface area contributed by atoms with Crippen molar-refractivity contribution in [2.24, 2.45) is 0 Å². The van der Waals surface area contributed by atoms with Gasteiger partial charge in [-0.05, 0) is 61.2 Å². The van der Waals surface area contributed by atoms with Crippen LogP contribution in [0.2, 0.25) is 0 Å². The first kappa shape index (κ1) is 21.5. The standard InChI is InChI=1S/C23H26FN3O3/c1-4-5-10-23(17-6-8-18(24)9-7-17)21(29)27(22(30)26-23)14-20(28)25-19-12-15(2)11-16(3)13-19/h6-9,11-13H,4-5,10,14H2,1-3H3,(H,25,28)(H,26,30)/t23-/m1/s1. The molecule has 30 heavy (non-hydrogen) atoms. The summed E-state index contributed by atoms with van der Waals surface area (Å²) in [6.45, 7) is 5.43. The van der Waals surface area contributed by atoms with Gasteiger partial charge in [0.1, 0.15) is 17.9 Å². The van der Waals surface area contributed by atoms with Crippen molar-refractivity contribution in [2.75, 3.05) is 11.9 Å². The Morgan fingerprint density at radius 1 is 1.10 bits per heavy atom. The molecule has 0 saturated carbocycles. The third-order valence-electron chi connectivity index (χ3n) is 5.23. The normalized spacial score (nSPS) is 18.5. The summed E-state index contributed by atoms with van der Waals surface area (Å²) in [6.07, 6.45) is 1.88. The van der Waals surface area contributed by atoms with Crippen LogP contribution in [0.15, 0.2) is 42.5 Å². The molecule has 158 valence electrons. The number of aryl methyl sites for hydroxylation is 2. The molecule has 4 amide bonds. The SMILES string of the molecule is CCCC[C@]1(c2ccc(F)cc2)NC(=O)N(CC(=O)Nc2cc(C)cc(C)c2)C1=O. The number of hydrogen-bond acceptors (Lipinski definition) is 3. The average molecular weight is 411 g/mol. The van der Waals surface area contributed by atoms with Crippen molar-refractivity contribution >= 4 is 23.5 Å². The summed E-state index contributed by atoms with van der Waals surface area (Å²) in [6, 6.07) is 10.5. The molecule has 0 aliphatic carbocycles. The molecule has 1 aliphatic heterocycles. The summed E-state index contributed by atoms with van der Waals surface area (Å²) in [5, 5.41) is 5.51. The van der Waals surface area contributed by atoms with Crippen LogP contribution in [-0.4, -0.2) is 29.3 Å². The Balaban J connectivity index is 1.82. The summed E-state index contributed by atoms with van der Waals surface area (Å²) >= 11 is 0. The molecule has 3 rings (SSSR count). The molecule has 0 unspecified atom stereocenters. The topological polar surface area (TPSA) is 78.5 Å². The van der Waals surface area contributed by atoms with Gasteiger partial charge in [-0.1, -0.05) is 38.0 Å². The molecule has 2 aromatic carbocycles. The fourth-order valence-corrected chi connectivity index (χ4v) is 3.85. The maximum atomic E-state index is 13.4. The number of anilines is 1. The maximum absolute atomic E-state index is 13.4. The molecule has 1 fully saturated rings. The van der Waals surface area contributed by atoms with Crippen molar-refractivity contribution in [1.82, 2.24) is 10.2 Å². The lowest BCUT2D eigenvalue weighted by Gasteiger charge is -2.27. The molecule has 1 aliphatic rings. The summed E-state index contributed by atoms with van der Waals surface area (Å²) in [4.78, 5) is 39.4. The molecule has 1 atom stereocenters. The van der Waals surface area contributed by atoms with Gasteiger partial charge in [0, 0.05) is 5.69 Å². The van der Waals surface area contributed by atoms with E-state index in [0.29, 0.717) is 24.1 Å². The predicted octanol–water partition coefficient (Wildman–Crippen LogP) is 4.02. The number of imide groups is 1. The molecule has 0 spiro atoms. The summed E-state index contributed by atoms with van der Waals surface area (Å²) in [7, 11) is 0. The van der Waals surface area contributed by atoms with Crippen molar-refractivity contribution in [3.63, 3.8) is 0 Å². The van der Waals surface area contributed by atoms with E-state index in [0.717, 1.165) is 22.4 Å². The minimum Gasteiger partial charge on any atom is -0.325 e. The zero-order chi connectivity index (χ0) is 21.9. The van der Waals surface area contributed by atoms with Crippen LogP contribution in [0.25, 0.3) is 0 Å². The predicted molar refractivity (Wildman–Crippen MR) is 112 cm³/mol. The van der Waals surface area contributed by atoms with E-state index < -0.39 is 35.7 Å². The lowest BCUT2D eigenvalue weighted by molar-refractivity contribution is -0.134. The molecular weight excluding hydrogens is 385 g/mol. The van der Waals surface area contributed by atoms with Crippen LogP contribution >= 0.6 is 0 Å². The number of benzene rings is 2. The largest absolute Gasteiger partial charge is 0.325 e. The van der Waals surface area contributed by atoms with Gasteiger partial charge in [0.05, 0.1) is 0 Å². The highest BCUT2D eigenvalue weighted by Crippen LogP contribution is 2.34. The molecule has 7 heteroatoms. The number of carbonyl (C=O) groups is 3. The van der Waals surface area contributed by atoms with Crippen LogP contribution in [0, 0.1) is 19.7 Å². The average Bonchev–Trinajstić information content (AvgIpc) is 2.91. The monoisotopic (exact) mass is 411 g/mol. The third-order valence-corrected chi connectivity index (χ3v) is 5.23. The van der Waals surface area contributed by atoms with Crippen LogP contribution in [0.5, 0.6) is 0 Å². The summed E-state index contributed by atoms with van der Waals surface area (Å²) in [5.74, 6) is -1.39. The van der Waals surface area contributed by atoms with E-state index in [1.165, 1.54) is 24.3 Å². The first-order chi connectivity index (χ1) is 14.2. The number of hydrogen-bond donors (Lipinski definition) is 2. The van der Waals surface area contributed by atoms with E-state index >= 15 is 0 Å². The number of nitrogens with zero attached hydrogens (tertiary/aromatic N) is 1. The van der Waals surface area contributed by atoms with Crippen LogP contribution in [0.1, 0.15) is 42.9 Å². The van der Waals surface area contributed by atoms with E-state index in [-0.39, 0.29) is 0 Å². The van der Waals surface area contributed by atoms with E-state index in [1.807, 2.05) is 39.0 Å². The van der Waals surface area contributed by atoms with E-state index in [1.54, 1.807) is 0 Å². The summed E-state index contributed by atoms with van der Waals surface area (Å²) in [5.41, 5.74) is 1.82. The highest BCUT2D eigenvalue weighted by Gasteiger charge is 2.52. The zero-order valence-corrected chi connectivity index (χ0v) is 17.4. The second kappa shape index (κ2) is 8.65. The Labute approximate surface area is 175 Å². The van der Waals surface area contributed by atoms with Crippen molar-refractivity contribution < 1.29 is 18.8 Å². The first-order valence-corrected chi connectivity index (χ1v) is 10.0. The highest BCUT2D eigenvalue weighted by atomic mass is 19.1. The minimum absolute atomic E-state index is 0.370. The molecule has 0 aromatic heterocycles. The first-order valence-electron chi connectivity index (χ1n) is 10.0. The minimum atomic E-state index is -1.29. The van der Waals surface area contributed by atoms with Gasteiger partial charge in [-0.3, -0.25) is 14.5 Å². The fraction of sp³-hybridized carbons (Fsp3) is 0.348. The lowest BCUT2D eigenvalue weighted by Crippen LogP contribution is -2.44.